The number of benzene rings is 1. The zero-order chi connectivity index (χ0) is 11.5. The molecule has 6 heteroatoms. The number of H-pyrrole nitrogens is 1. The molecule has 1 unspecified atom stereocenters. The van der Waals surface area contributed by atoms with Crippen molar-refractivity contribution in [1.29, 1.82) is 0 Å². The predicted molar refractivity (Wildman–Crippen MR) is 67.0 cm³/mol. The second kappa shape index (κ2) is 4.88. The number of thiol groups is 1. The normalized spacial score (nSPS) is 12.7. The third-order valence-corrected chi connectivity index (χ3v) is 3.82. The predicted octanol–water partition coefficient (Wildman–Crippen LogP) is 2.90. The fourth-order valence-electron chi connectivity index (χ4n) is 1.35. The molecule has 0 spiro atoms. The van der Waals surface area contributed by atoms with Crippen LogP contribution in [0.25, 0.3) is 11.4 Å². The van der Waals surface area contributed by atoms with Crippen molar-refractivity contribution >= 4 is 24.4 Å². The van der Waals surface area contributed by atoms with Gasteiger partial charge in [-0.05, 0) is 24.0 Å². The standard InChI is InChI=1S/C10H10FN3S2/c1-16-10(15)6-2-3-7(8(11)4-6)9-12-5-13-14-9/h2-5,10,15H,1H3,(H,12,13,14). The summed E-state index contributed by atoms with van der Waals surface area (Å²) < 4.78 is 13.8. The molecule has 84 valence electrons. The van der Waals surface area contributed by atoms with Crippen LogP contribution in [-0.2, 0) is 0 Å². The van der Waals surface area contributed by atoms with Crippen LogP contribution >= 0.6 is 24.4 Å². The number of aromatic nitrogens is 3. The minimum Gasteiger partial charge on any atom is -0.259 e. The zero-order valence-corrected chi connectivity index (χ0v) is 10.2. The van der Waals surface area contributed by atoms with E-state index in [1.165, 1.54) is 12.4 Å². The smallest absolute Gasteiger partial charge is 0.158 e. The van der Waals surface area contributed by atoms with E-state index in [0.717, 1.165) is 5.56 Å². The van der Waals surface area contributed by atoms with Crippen LogP contribution in [0.5, 0.6) is 0 Å². The summed E-state index contributed by atoms with van der Waals surface area (Å²) in [5.41, 5.74) is 1.26. The first-order chi connectivity index (χ1) is 7.72. The number of hydrogen-bond acceptors (Lipinski definition) is 4. The lowest BCUT2D eigenvalue weighted by atomic mass is 10.1. The van der Waals surface area contributed by atoms with Gasteiger partial charge in [0.05, 0.1) is 10.1 Å². The van der Waals surface area contributed by atoms with Gasteiger partial charge in [-0.2, -0.15) is 17.7 Å². The summed E-state index contributed by atoms with van der Waals surface area (Å²) in [6.07, 6.45) is 3.28. The number of hydrogen-bond donors (Lipinski definition) is 2. The highest BCUT2D eigenvalue weighted by Gasteiger charge is 2.11. The van der Waals surface area contributed by atoms with Gasteiger partial charge in [-0.25, -0.2) is 9.37 Å². The molecule has 0 amide bonds. The lowest BCUT2D eigenvalue weighted by Crippen LogP contribution is -1.91. The fraction of sp³-hybridized carbons (Fsp3) is 0.200. The Morgan fingerprint density at radius 1 is 1.50 bits per heavy atom. The summed E-state index contributed by atoms with van der Waals surface area (Å²) in [5, 5.41) is 6.32. The van der Waals surface area contributed by atoms with Gasteiger partial charge in [0.25, 0.3) is 0 Å². The molecule has 0 saturated carbocycles. The van der Waals surface area contributed by atoms with Crippen LogP contribution in [0.15, 0.2) is 24.5 Å². The lowest BCUT2D eigenvalue weighted by molar-refractivity contribution is 0.628. The molecule has 0 aliphatic heterocycles. The van der Waals surface area contributed by atoms with Gasteiger partial charge in [-0.15, -0.1) is 11.8 Å². The number of thioether (sulfide) groups is 1. The van der Waals surface area contributed by atoms with Gasteiger partial charge in [0.1, 0.15) is 12.1 Å². The lowest BCUT2D eigenvalue weighted by Gasteiger charge is -2.08. The largest absolute Gasteiger partial charge is 0.259 e. The summed E-state index contributed by atoms with van der Waals surface area (Å²) in [6.45, 7) is 0. The van der Waals surface area contributed by atoms with E-state index in [1.54, 1.807) is 17.8 Å². The first kappa shape index (κ1) is 11.5. The van der Waals surface area contributed by atoms with Crippen molar-refractivity contribution in [2.45, 2.75) is 4.58 Å². The van der Waals surface area contributed by atoms with Crippen molar-refractivity contribution in [3.63, 3.8) is 0 Å². The van der Waals surface area contributed by atoms with Gasteiger partial charge >= 0.3 is 0 Å². The van der Waals surface area contributed by atoms with Crippen LogP contribution in [0.4, 0.5) is 4.39 Å². The van der Waals surface area contributed by atoms with Crippen LogP contribution < -0.4 is 0 Å². The number of halogens is 1. The highest BCUT2D eigenvalue weighted by molar-refractivity contribution is 8.09. The zero-order valence-electron chi connectivity index (χ0n) is 8.51. The maximum Gasteiger partial charge on any atom is 0.158 e. The van der Waals surface area contributed by atoms with Gasteiger partial charge in [0.15, 0.2) is 5.82 Å². The topological polar surface area (TPSA) is 41.6 Å². The molecule has 1 aromatic carbocycles. The van der Waals surface area contributed by atoms with Crippen LogP contribution in [-0.4, -0.2) is 21.4 Å². The molecule has 1 N–H and O–H groups in total. The van der Waals surface area contributed by atoms with E-state index >= 15 is 0 Å². The van der Waals surface area contributed by atoms with Crippen LogP contribution in [0.3, 0.4) is 0 Å². The van der Waals surface area contributed by atoms with Gasteiger partial charge < -0.3 is 0 Å². The monoisotopic (exact) mass is 255 g/mol. The molecule has 0 aliphatic carbocycles. The van der Waals surface area contributed by atoms with E-state index in [1.807, 2.05) is 12.3 Å². The number of rotatable bonds is 3. The Morgan fingerprint density at radius 2 is 2.31 bits per heavy atom. The quantitative estimate of drug-likeness (QED) is 0.654. The van der Waals surface area contributed by atoms with Gasteiger partial charge in [-0.1, -0.05) is 6.07 Å². The summed E-state index contributed by atoms with van der Waals surface area (Å²) in [6, 6.07) is 5.01. The first-order valence-electron chi connectivity index (χ1n) is 4.58. The van der Waals surface area contributed by atoms with Crippen molar-refractivity contribution in [2.24, 2.45) is 0 Å². The molecule has 0 bridgehead atoms. The van der Waals surface area contributed by atoms with Crippen molar-refractivity contribution < 1.29 is 4.39 Å². The van der Waals surface area contributed by atoms with Gasteiger partial charge in [-0.3, -0.25) is 5.10 Å². The van der Waals surface area contributed by atoms with Gasteiger partial charge in [0, 0.05) is 0 Å². The molecule has 1 heterocycles. The van der Waals surface area contributed by atoms with Crippen molar-refractivity contribution in [3.8, 4) is 11.4 Å². The summed E-state index contributed by atoms with van der Waals surface area (Å²) in [5.74, 6) is 0.117. The van der Waals surface area contributed by atoms with Crippen molar-refractivity contribution in [1.82, 2.24) is 15.2 Å². The number of nitrogens with one attached hydrogen (secondary N) is 1. The molecule has 1 aromatic heterocycles. The molecule has 2 aromatic rings. The second-order valence-electron chi connectivity index (χ2n) is 3.16. The molecule has 0 saturated heterocycles. The molecule has 16 heavy (non-hydrogen) atoms. The highest BCUT2D eigenvalue weighted by Crippen LogP contribution is 2.32. The summed E-state index contributed by atoms with van der Waals surface area (Å²) in [7, 11) is 0. The molecule has 0 aliphatic rings. The molecule has 1 atom stereocenters. The van der Waals surface area contributed by atoms with Crippen molar-refractivity contribution in [3.05, 3.63) is 35.9 Å². The Hall–Kier alpha value is -1.01. The van der Waals surface area contributed by atoms with Crippen LogP contribution in [0, 0.1) is 5.82 Å². The van der Waals surface area contributed by atoms with Gasteiger partial charge in [0.2, 0.25) is 0 Å². The van der Waals surface area contributed by atoms with E-state index in [2.05, 4.69) is 27.8 Å². The summed E-state index contributed by atoms with van der Waals surface area (Å²) in [4.78, 5) is 3.91. The van der Waals surface area contributed by atoms with E-state index < -0.39 is 0 Å². The average molecular weight is 255 g/mol. The molecule has 3 nitrogen and oxygen atoms in total. The average Bonchev–Trinajstić information content (AvgIpc) is 2.81. The maximum atomic E-state index is 13.8. The molecule has 0 fully saturated rings. The molecular weight excluding hydrogens is 245 g/mol. The number of aromatic amines is 1. The SMILES string of the molecule is CSC(S)c1ccc(-c2ncn[nH]2)c(F)c1. The minimum atomic E-state index is -0.317. The molecule has 2 rings (SSSR count). The third-order valence-electron chi connectivity index (χ3n) is 2.17. The van der Waals surface area contributed by atoms with E-state index in [-0.39, 0.29) is 10.4 Å². The van der Waals surface area contributed by atoms with Crippen LogP contribution in [0.2, 0.25) is 0 Å². The number of nitrogens with zero attached hydrogens (tertiary/aromatic N) is 2. The third kappa shape index (κ3) is 2.22. The fourth-order valence-corrected chi connectivity index (χ4v) is 1.93. The maximum absolute atomic E-state index is 13.8. The Bertz CT molecular complexity index is 473. The Morgan fingerprint density at radius 3 is 2.88 bits per heavy atom. The van der Waals surface area contributed by atoms with E-state index in [4.69, 9.17) is 0 Å². The minimum absolute atomic E-state index is 0.0155. The Kier molecular flexibility index (Phi) is 3.50. The highest BCUT2D eigenvalue weighted by atomic mass is 32.2. The van der Waals surface area contributed by atoms with E-state index in [0.29, 0.717) is 11.4 Å². The van der Waals surface area contributed by atoms with Crippen LogP contribution in [0.1, 0.15) is 10.1 Å². The summed E-state index contributed by atoms with van der Waals surface area (Å²) >= 11 is 5.89. The van der Waals surface area contributed by atoms with Crippen molar-refractivity contribution in [2.75, 3.05) is 6.26 Å². The van der Waals surface area contributed by atoms with E-state index in [9.17, 15) is 4.39 Å². The Balaban J connectivity index is 2.37. The molecular formula is C10H10FN3S2. The molecule has 0 radical (unpaired) electrons. The first-order valence-corrected chi connectivity index (χ1v) is 6.39. The Labute approximate surface area is 102 Å². The second-order valence-corrected chi connectivity index (χ2v) is 4.97.